The number of ether oxygens (including phenoxy) is 8. The fourth-order valence-electron chi connectivity index (χ4n) is 2.24. The maximum Gasteiger partial charge on any atom is 0.222 e. The number of rotatable bonds is 27. The second kappa shape index (κ2) is 28.2. The maximum atomic E-state index is 11.2. The Labute approximate surface area is 193 Å². The molecule has 1 N–H and O–H groups in total. The molecule has 1 amide bonds. The topological polar surface area (TPSA) is 103 Å². The second-order valence-electron chi connectivity index (χ2n) is 6.60. The van der Waals surface area contributed by atoms with Crippen LogP contribution in [0.15, 0.2) is 0 Å². The van der Waals surface area contributed by atoms with Crippen LogP contribution in [0.4, 0.5) is 0 Å². The molecule has 0 aromatic heterocycles. The zero-order valence-electron chi connectivity index (χ0n) is 20.1. The maximum absolute atomic E-state index is 11.2. The lowest BCUT2D eigenvalue weighted by atomic mass is 10.4. The van der Waals surface area contributed by atoms with Gasteiger partial charge in [-0.3, -0.25) is 4.79 Å². The van der Waals surface area contributed by atoms with E-state index in [9.17, 15) is 4.79 Å². The summed E-state index contributed by atoms with van der Waals surface area (Å²) < 4.78 is 43.1. The smallest absolute Gasteiger partial charge is 0.222 e. The van der Waals surface area contributed by atoms with Gasteiger partial charge in [0.1, 0.15) is 0 Å². The van der Waals surface area contributed by atoms with Gasteiger partial charge in [0.2, 0.25) is 5.91 Å². The quantitative estimate of drug-likeness (QED) is 0.178. The largest absolute Gasteiger partial charge is 0.379 e. The number of hydrogen-bond donors (Lipinski definition) is 1. The molecule has 0 rings (SSSR count). The first-order valence-electron chi connectivity index (χ1n) is 11.7. The van der Waals surface area contributed by atoms with Gasteiger partial charge in [-0.25, -0.2) is 0 Å². The monoisotopic (exact) mass is 467 g/mol. The van der Waals surface area contributed by atoms with Crippen molar-refractivity contribution in [3.05, 3.63) is 0 Å². The summed E-state index contributed by atoms with van der Waals surface area (Å²) in [4.78, 5) is 11.2. The minimum absolute atomic E-state index is 0.00535. The Hall–Kier alpha value is -0.850. The number of nitrogens with one attached hydrogen (secondary N) is 1. The highest BCUT2D eigenvalue weighted by molar-refractivity contribution is 5.75. The minimum atomic E-state index is 0.00535. The van der Waals surface area contributed by atoms with Crippen LogP contribution in [0, 0.1) is 0 Å². The fraction of sp³-hybridized carbons (Fsp3) is 0.955. The van der Waals surface area contributed by atoms with Crippen LogP contribution < -0.4 is 5.32 Å². The van der Waals surface area contributed by atoms with E-state index in [1.165, 1.54) is 0 Å². The Kier molecular flexibility index (Phi) is 27.4. The summed E-state index contributed by atoms with van der Waals surface area (Å²) in [6.07, 6.45) is 1.40. The van der Waals surface area contributed by atoms with Crippen molar-refractivity contribution in [3.8, 4) is 0 Å². The molecule has 0 spiro atoms. The summed E-state index contributed by atoms with van der Waals surface area (Å²) in [5, 5.41) is 2.72. The zero-order chi connectivity index (χ0) is 23.4. The Morgan fingerprint density at radius 1 is 0.469 bits per heavy atom. The van der Waals surface area contributed by atoms with Crippen LogP contribution in [0.5, 0.6) is 0 Å². The van der Waals surface area contributed by atoms with Crippen LogP contribution in [0.2, 0.25) is 0 Å². The molecule has 0 aliphatic rings. The van der Waals surface area contributed by atoms with Gasteiger partial charge in [0, 0.05) is 19.6 Å². The molecule has 0 radical (unpaired) electrons. The van der Waals surface area contributed by atoms with Crippen molar-refractivity contribution in [3.63, 3.8) is 0 Å². The standard InChI is InChI=1S/C22H45NO9/c1-3-6-25-8-10-27-12-14-29-16-18-31-20-21-32-19-17-30-15-13-28-11-9-26-7-5-22(24)23-4-2/h3-21H2,1-2H3,(H,23,24). The summed E-state index contributed by atoms with van der Waals surface area (Å²) in [5.41, 5.74) is 0. The van der Waals surface area contributed by atoms with E-state index in [2.05, 4.69) is 12.2 Å². The van der Waals surface area contributed by atoms with Gasteiger partial charge < -0.3 is 43.2 Å². The molecule has 0 aromatic rings. The van der Waals surface area contributed by atoms with Gasteiger partial charge in [-0.15, -0.1) is 0 Å². The van der Waals surface area contributed by atoms with E-state index in [-0.39, 0.29) is 5.91 Å². The molecule has 0 heterocycles. The van der Waals surface area contributed by atoms with Crippen LogP contribution >= 0.6 is 0 Å². The van der Waals surface area contributed by atoms with Crippen LogP contribution in [0.25, 0.3) is 0 Å². The highest BCUT2D eigenvalue weighted by Crippen LogP contribution is 1.87. The Morgan fingerprint density at radius 2 is 0.750 bits per heavy atom. The van der Waals surface area contributed by atoms with Gasteiger partial charge in [-0.05, 0) is 13.3 Å². The Morgan fingerprint density at radius 3 is 1.03 bits per heavy atom. The normalized spacial score (nSPS) is 11.2. The minimum Gasteiger partial charge on any atom is -0.379 e. The predicted octanol–water partition coefficient (Wildman–Crippen LogP) is 1.06. The molecular weight excluding hydrogens is 422 g/mol. The van der Waals surface area contributed by atoms with E-state index in [0.29, 0.717) is 112 Å². The van der Waals surface area contributed by atoms with Crippen LogP contribution in [-0.2, 0) is 42.7 Å². The highest BCUT2D eigenvalue weighted by atomic mass is 16.6. The first kappa shape index (κ1) is 31.1. The lowest BCUT2D eigenvalue weighted by Crippen LogP contribution is -2.24. The lowest BCUT2D eigenvalue weighted by Gasteiger charge is -2.08. The molecule has 0 saturated carbocycles. The lowest BCUT2D eigenvalue weighted by molar-refractivity contribution is -0.122. The summed E-state index contributed by atoms with van der Waals surface area (Å²) in [5.74, 6) is 0.00535. The van der Waals surface area contributed by atoms with Crippen molar-refractivity contribution in [2.75, 3.05) is 112 Å². The third-order valence-corrected chi connectivity index (χ3v) is 3.80. The summed E-state index contributed by atoms with van der Waals surface area (Å²) in [6.45, 7) is 13.3. The second-order valence-corrected chi connectivity index (χ2v) is 6.60. The van der Waals surface area contributed by atoms with Crippen molar-refractivity contribution in [2.45, 2.75) is 26.7 Å². The van der Waals surface area contributed by atoms with Crippen LogP contribution in [-0.4, -0.2) is 118 Å². The highest BCUT2D eigenvalue weighted by Gasteiger charge is 1.99. The molecule has 0 aliphatic carbocycles. The van der Waals surface area contributed by atoms with E-state index < -0.39 is 0 Å². The molecule has 0 aromatic carbocycles. The molecule has 0 unspecified atom stereocenters. The molecule has 32 heavy (non-hydrogen) atoms. The van der Waals surface area contributed by atoms with E-state index in [4.69, 9.17) is 37.9 Å². The van der Waals surface area contributed by atoms with Gasteiger partial charge in [0.15, 0.2) is 0 Å². The fourth-order valence-corrected chi connectivity index (χ4v) is 2.24. The predicted molar refractivity (Wildman–Crippen MR) is 120 cm³/mol. The average Bonchev–Trinajstić information content (AvgIpc) is 2.79. The molecule has 0 bridgehead atoms. The third-order valence-electron chi connectivity index (χ3n) is 3.80. The molecule has 0 atom stereocenters. The van der Waals surface area contributed by atoms with Crippen molar-refractivity contribution in [1.29, 1.82) is 0 Å². The summed E-state index contributed by atoms with van der Waals surface area (Å²) in [7, 11) is 0. The molecule has 0 saturated heterocycles. The number of carbonyl (C=O) groups excluding carboxylic acids is 1. The van der Waals surface area contributed by atoms with E-state index in [1.54, 1.807) is 0 Å². The number of amides is 1. The first-order valence-corrected chi connectivity index (χ1v) is 11.7. The van der Waals surface area contributed by atoms with Gasteiger partial charge in [0.05, 0.1) is 99.1 Å². The summed E-state index contributed by atoms with van der Waals surface area (Å²) in [6, 6.07) is 0. The van der Waals surface area contributed by atoms with Crippen molar-refractivity contribution in [2.24, 2.45) is 0 Å². The summed E-state index contributed by atoms with van der Waals surface area (Å²) >= 11 is 0. The Balaban J connectivity index is 3.03. The van der Waals surface area contributed by atoms with Gasteiger partial charge >= 0.3 is 0 Å². The van der Waals surface area contributed by atoms with Crippen molar-refractivity contribution >= 4 is 5.91 Å². The zero-order valence-corrected chi connectivity index (χ0v) is 20.1. The molecule has 10 nitrogen and oxygen atoms in total. The van der Waals surface area contributed by atoms with Crippen LogP contribution in [0.1, 0.15) is 26.7 Å². The van der Waals surface area contributed by atoms with E-state index in [0.717, 1.165) is 13.0 Å². The molecular formula is C22H45NO9. The SMILES string of the molecule is CCCOCCOCCOCCOCCOCCOCCOCCOCCC(=O)NCC. The molecule has 192 valence electrons. The van der Waals surface area contributed by atoms with E-state index >= 15 is 0 Å². The molecule has 0 fully saturated rings. The average molecular weight is 468 g/mol. The van der Waals surface area contributed by atoms with Gasteiger partial charge in [0.25, 0.3) is 0 Å². The van der Waals surface area contributed by atoms with Crippen molar-refractivity contribution in [1.82, 2.24) is 5.32 Å². The van der Waals surface area contributed by atoms with Crippen molar-refractivity contribution < 1.29 is 42.7 Å². The Bertz CT molecular complexity index is 375. The van der Waals surface area contributed by atoms with Gasteiger partial charge in [-0.1, -0.05) is 6.92 Å². The van der Waals surface area contributed by atoms with Gasteiger partial charge in [-0.2, -0.15) is 0 Å². The van der Waals surface area contributed by atoms with Crippen LogP contribution in [0.3, 0.4) is 0 Å². The number of hydrogen-bond acceptors (Lipinski definition) is 9. The first-order chi connectivity index (χ1) is 15.8. The third kappa shape index (κ3) is 27.2. The van der Waals surface area contributed by atoms with E-state index in [1.807, 2.05) is 6.92 Å². The molecule has 10 heteroatoms. The molecule has 0 aliphatic heterocycles. The number of carbonyl (C=O) groups is 1.